The molecule has 0 aromatic heterocycles. The molecule has 0 atom stereocenters. The molecular formula is C7H5ClF2S. The lowest BCUT2D eigenvalue weighted by molar-refractivity contribution is 0.567. The van der Waals surface area contributed by atoms with Crippen LogP contribution < -0.4 is 0 Å². The Hall–Kier alpha value is -0.280. The molecule has 0 fully saturated rings. The molecule has 0 heterocycles. The highest BCUT2D eigenvalue weighted by Gasteiger charge is 2.09. The van der Waals surface area contributed by atoms with Gasteiger partial charge >= 0.3 is 0 Å². The van der Waals surface area contributed by atoms with E-state index in [1.54, 1.807) is 0 Å². The van der Waals surface area contributed by atoms with Gasteiger partial charge in [0.25, 0.3) is 0 Å². The predicted octanol–water partition coefficient (Wildman–Crippen LogP) is 3.05. The van der Waals surface area contributed by atoms with Gasteiger partial charge in [-0.2, -0.15) is 12.6 Å². The highest BCUT2D eigenvalue weighted by Crippen LogP contribution is 2.21. The van der Waals surface area contributed by atoms with Gasteiger partial charge in [-0.3, -0.25) is 0 Å². The van der Waals surface area contributed by atoms with E-state index in [1.807, 2.05) is 0 Å². The summed E-state index contributed by atoms with van der Waals surface area (Å²) in [6.07, 6.45) is 0. The summed E-state index contributed by atoms with van der Waals surface area (Å²) in [5, 5.41) is -0.0737. The van der Waals surface area contributed by atoms with Gasteiger partial charge in [0.1, 0.15) is 11.6 Å². The van der Waals surface area contributed by atoms with Gasteiger partial charge in [-0.25, -0.2) is 8.78 Å². The molecule has 0 bridgehead atoms. The zero-order chi connectivity index (χ0) is 8.43. The first-order chi connectivity index (χ1) is 5.16. The Kier molecular flexibility index (Phi) is 2.73. The van der Waals surface area contributed by atoms with Crippen LogP contribution in [-0.4, -0.2) is 0 Å². The molecule has 0 nitrogen and oxygen atoms in total. The molecule has 0 N–H and O–H groups in total. The zero-order valence-corrected chi connectivity index (χ0v) is 7.09. The Morgan fingerprint density at radius 2 is 2.00 bits per heavy atom. The van der Waals surface area contributed by atoms with Gasteiger partial charge in [0.2, 0.25) is 0 Å². The molecule has 0 aliphatic rings. The van der Waals surface area contributed by atoms with Gasteiger partial charge in [0.15, 0.2) is 0 Å². The minimum absolute atomic E-state index is 0.0121. The van der Waals surface area contributed by atoms with Gasteiger partial charge in [-0.15, -0.1) is 0 Å². The van der Waals surface area contributed by atoms with Crippen molar-refractivity contribution in [3.63, 3.8) is 0 Å². The number of hydrogen-bond acceptors (Lipinski definition) is 1. The fourth-order valence-electron chi connectivity index (χ4n) is 0.714. The number of thiol groups is 1. The summed E-state index contributed by atoms with van der Waals surface area (Å²) in [6.45, 7) is 0. The molecule has 1 aromatic carbocycles. The van der Waals surface area contributed by atoms with E-state index in [1.165, 1.54) is 6.07 Å². The fraction of sp³-hybridized carbons (Fsp3) is 0.143. The lowest BCUT2D eigenvalue weighted by atomic mass is 10.2. The average Bonchev–Trinajstić information content (AvgIpc) is 1.99. The third-order valence-electron chi connectivity index (χ3n) is 1.30. The number of rotatable bonds is 1. The first kappa shape index (κ1) is 8.81. The van der Waals surface area contributed by atoms with Crippen LogP contribution in [0.1, 0.15) is 5.56 Å². The molecular weight excluding hydrogens is 190 g/mol. The van der Waals surface area contributed by atoms with Crippen molar-refractivity contribution in [2.75, 3.05) is 0 Å². The van der Waals surface area contributed by atoms with E-state index in [0.29, 0.717) is 0 Å². The van der Waals surface area contributed by atoms with E-state index in [-0.39, 0.29) is 16.3 Å². The second kappa shape index (κ2) is 3.41. The molecule has 0 amide bonds. The summed E-state index contributed by atoms with van der Waals surface area (Å²) in [5.41, 5.74) is -0.0826. The number of halogens is 3. The molecule has 0 saturated heterocycles. The summed E-state index contributed by atoms with van der Waals surface area (Å²) in [6, 6.07) is 2.30. The van der Waals surface area contributed by atoms with Crippen LogP contribution in [0, 0.1) is 11.6 Å². The topological polar surface area (TPSA) is 0 Å². The first-order valence-electron chi connectivity index (χ1n) is 2.90. The zero-order valence-electron chi connectivity index (χ0n) is 5.44. The maximum absolute atomic E-state index is 12.8. The van der Waals surface area contributed by atoms with Crippen LogP contribution in [0.4, 0.5) is 8.78 Å². The van der Waals surface area contributed by atoms with Crippen LogP contribution in [0.15, 0.2) is 12.1 Å². The standard InChI is InChI=1S/C7H5ClF2S/c8-5-1-2-6(9)4(3-11)7(5)10/h1-2,11H,3H2. The largest absolute Gasteiger partial charge is 0.207 e. The minimum Gasteiger partial charge on any atom is -0.207 e. The summed E-state index contributed by atoms with van der Waals surface area (Å²) in [5.74, 6) is -1.32. The Balaban J connectivity index is 3.29. The third-order valence-corrected chi connectivity index (χ3v) is 1.91. The molecule has 1 aromatic rings. The fourth-order valence-corrected chi connectivity index (χ4v) is 1.18. The second-order valence-electron chi connectivity index (χ2n) is 1.98. The monoisotopic (exact) mass is 194 g/mol. The van der Waals surface area contributed by atoms with E-state index in [4.69, 9.17) is 11.6 Å². The van der Waals surface area contributed by atoms with Gasteiger partial charge in [0, 0.05) is 11.3 Å². The summed E-state index contributed by atoms with van der Waals surface area (Å²) in [4.78, 5) is 0. The van der Waals surface area contributed by atoms with Crippen molar-refractivity contribution in [3.05, 3.63) is 34.4 Å². The van der Waals surface area contributed by atoms with Crippen LogP contribution in [-0.2, 0) is 5.75 Å². The highest BCUT2D eigenvalue weighted by molar-refractivity contribution is 7.79. The van der Waals surface area contributed by atoms with E-state index >= 15 is 0 Å². The molecule has 0 aliphatic carbocycles. The molecule has 0 spiro atoms. The lowest BCUT2D eigenvalue weighted by Crippen LogP contribution is -1.92. The van der Waals surface area contributed by atoms with Crippen molar-refractivity contribution in [1.29, 1.82) is 0 Å². The van der Waals surface area contributed by atoms with Crippen molar-refractivity contribution in [3.8, 4) is 0 Å². The van der Waals surface area contributed by atoms with Crippen molar-refractivity contribution >= 4 is 24.2 Å². The Bertz CT molecular complexity index is 275. The van der Waals surface area contributed by atoms with Gasteiger partial charge in [0.05, 0.1) is 5.02 Å². The number of hydrogen-bond donors (Lipinski definition) is 1. The van der Waals surface area contributed by atoms with E-state index in [2.05, 4.69) is 12.6 Å². The van der Waals surface area contributed by atoms with Gasteiger partial charge in [-0.05, 0) is 12.1 Å². The summed E-state index contributed by atoms with van der Waals surface area (Å²) in [7, 11) is 0. The average molecular weight is 195 g/mol. The molecule has 0 unspecified atom stereocenters. The third kappa shape index (κ3) is 1.65. The highest BCUT2D eigenvalue weighted by atomic mass is 35.5. The van der Waals surface area contributed by atoms with Crippen LogP contribution in [0.5, 0.6) is 0 Å². The van der Waals surface area contributed by atoms with Gasteiger partial charge < -0.3 is 0 Å². The van der Waals surface area contributed by atoms with Gasteiger partial charge in [-0.1, -0.05) is 11.6 Å². The molecule has 4 heteroatoms. The molecule has 0 saturated carbocycles. The molecule has 1 rings (SSSR count). The Morgan fingerprint density at radius 1 is 1.36 bits per heavy atom. The van der Waals surface area contributed by atoms with Crippen molar-refractivity contribution in [1.82, 2.24) is 0 Å². The van der Waals surface area contributed by atoms with Crippen molar-refractivity contribution in [2.45, 2.75) is 5.75 Å². The maximum atomic E-state index is 12.8. The SMILES string of the molecule is Fc1ccc(Cl)c(F)c1CS. The Labute approximate surface area is 73.6 Å². The molecule has 0 radical (unpaired) electrons. The summed E-state index contributed by atoms with van der Waals surface area (Å²) < 4.78 is 25.5. The predicted molar refractivity (Wildman–Crippen MR) is 44.1 cm³/mol. The number of benzene rings is 1. The lowest BCUT2D eigenvalue weighted by Gasteiger charge is -2.01. The van der Waals surface area contributed by atoms with Crippen LogP contribution in [0.2, 0.25) is 5.02 Å². The smallest absolute Gasteiger partial charge is 0.148 e. The molecule has 11 heavy (non-hydrogen) atoms. The summed E-state index contributed by atoms with van der Waals surface area (Å²) >= 11 is 9.15. The van der Waals surface area contributed by atoms with Crippen molar-refractivity contribution in [2.24, 2.45) is 0 Å². The van der Waals surface area contributed by atoms with E-state index in [9.17, 15) is 8.78 Å². The second-order valence-corrected chi connectivity index (χ2v) is 2.70. The quantitative estimate of drug-likeness (QED) is 0.516. The van der Waals surface area contributed by atoms with E-state index < -0.39 is 11.6 Å². The Morgan fingerprint density at radius 3 is 2.45 bits per heavy atom. The van der Waals surface area contributed by atoms with Crippen LogP contribution >= 0.6 is 24.2 Å². The van der Waals surface area contributed by atoms with E-state index in [0.717, 1.165) is 6.07 Å². The minimum atomic E-state index is -0.721. The van der Waals surface area contributed by atoms with Crippen LogP contribution in [0.25, 0.3) is 0 Å². The molecule has 0 aliphatic heterocycles. The van der Waals surface area contributed by atoms with Crippen molar-refractivity contribution < 1.29 is 8.78 Å². The first-order valence-corrected chi connectivity index (χ1v) is 3.91. The molecule has 60 valence electrons. The normalized spacial score (nSPS) is 10.2. The maximum Gasteiger partial charge on any atom is 0.148 e. The van der Waals surface area contributed by atoms with Crippen LogP contribution in [0.3, 0.4) is 0 Å².